The monoisotopic (exact) mass is 199 g/mol. The van der Waals surface area contributed by atoms with Crippen LogP contribution >= 0.6 is 0 Å². The molecule has 0 radical (unpaired) electrons. The summed E-state index contributed by atoms with van der Waals surface area (Å²) in [5, 5.41) is 3.44. The van der Waals surface area contributed by atoms with Gasteiger partial charge in [0, 0.05) is 6.61 Å². The number of ether oxygens (including phenoxy) is 1. The van der Waals surface area contributed by atoms with E-state index in [4.69, 9.17) is 4.74 Å². The Labute approximate surface area is 88.7 Å². The molecule has 0 aliphatic carbocycles. The molecule has 0 aliphatic heterocycles. The molecule has 0 saturated carbocycles. The summed E-state index contributed by atoms with van der Waals surface area (Å²) in [6.45, 7) is 14.2. The number of nitrogens with one attached hydrogen (secondary N) is 1. The lowest BCUT2D eigenvalue weighted by Crippen LogP contribution is -2.43. The molecule has 2 nitrogen and oxygen atoms in total. The smallest absolute Gasteiger partial charge is 0.0786 e. The van der Waals surface area contributed by atoms with Crippen molar-refractivity contribution in [2.24, 2.45) is 5.92 Å². The molecule has 14 heavy (non-hydrogen) atoms. The zero-order valence-electron chi connectivity index (χ0n) is 10.0. The van der Waals surface area contributed by atoms with E-state index in [0.717, 1.165) is 19.6 Å². The highest BCUT2D eigenvalue weighted by molar-refractivity contribution is 4.93. The van der Waals surface area contributed by atoms with Crippen molar-refractivity contribution in [1.29, 1.82) is 0 Å². The highest BCUT2D eigenvalue weighted by atomic mass is 16.5. The third-order valence-electron chi connectivity index (χ3n) is 2.25. The van der Waals surface area contributed by atoms with Gasteiger partial charge < -0.3 is 10.1 Å². The van der Waals surface area contributed by atoms with Crippen LogP contribution in [0.15, 0.2) is 12.7 Å². The van der Waals surface area contributed by atoms with E-state index in [1.165, 1.54) is 0 Å². The van der Waals surface area contributed by atoms with Crippen molar-refractivity contribution in [2.75, 3.05) is 13.2 Å². The van der Waals surface area contributed by atoms with Gasteiger partial charge in [0.2, 0.25) is 0 Å². The van der Waals surface area contributed by atoms with Gasteiger partial charge in [-0.1, -0.05) is 26.8 Å². The Kier molecular flexibility index (Phi) is 7.81. The van der Waals surface area contributed by atoms with Gasteiger partial charge in [-0.15, -0.1) is 6.58 Å². The zero-order chi connectivity index (χ0) is 11.0. The topological polar surface area (TPSA) is 21.3 Å². The van der Waals surface area contributed by atoms with Crippen LogP contribution in [-0.2, 0) is 4.74 Å². The molecule has 84 valence electrons. The summed E-state index contributed by atoms with van der Waals surface area (Å²) >= 11 is 0. The Hall–Kier alpha value is -0.340. The fourth-order valence-corrected chi connectivity index (χ4v) is 1.55. The average Bonchev–Trinajstić information content (AvgIpc) is 2.17. The minimum absolute atomic E-state index is 0.240. The first-order chi connectivity index (χ1) is 6.67. The molecule has 0 spiro atoms. The standard InChI is InChI=1S/C12H25NO/c1-6-9-13-11(7-2)12(10(4)5)14-8-3/h7,10-13H,2,6,8-9H2,1,3-5H3. The van der Waals surface area contributed by atoms with Crippen molar-refractivity contribution in [1.82, 2.24) is 5.32 Å². The summed E-state index contributed by atoms with van der Waals surface area (Å²) in [4.78, 5) is 0. The van der Waals surface area contributed by atoms with Crippen LogP contribution in [0.3, 0.4) is 0 Å². The Bertz CT molecular complexity index is 145. The summed E-state index contributed by atoms with van der Waals surface area (Å²) in [6.07, 6.45) is 3.33. The first-order valence-corrected chi connectivity index (χ1v) is 5.64. The van der Waals surface area contributed by atoms with Gasteiger partial charge in [0.25, 0.3) is 0 Å². The second kappa shape index (κ2) is 8.01. The molecule has 0 rings (SSSR count). The second-order valence-electron chi connectivity index (χ2n) is 3.88. The van der Waals surface area contributed by atoms with Crippen molar-refractivity contribution in [2.45, 2.75) is 46.3 Å². The normalized spacial score (nSPS) is 15.5. The van der Waals surface area contributed by atoms with Crippen molar-refractivity contribution in [3.05, 3.63) is 12.7 Å². The first kappa shape index (κ1) is 13.7. The molecule has 0 fully saturated rings. The van der Waals surface area contributed by atoms with Gasteiger partial charge in [-0.3, -0.25) is 0 Å². The van der Waals surface area contributed by atoms with Crippen molar-refractivity contribution in [3.8, 4) is 0 Å². The average molecular weight is 199 g/mol. The number of hydrogen-bond acceptors (Lipinski definition) is 2. The second-order valence-corrected chi connectivity index (χ2v) is 3.88. The van der Waals surface area contributed by atoms with Crippen LogP contribution in [0, 0.1) is 5.92 Å². The van der Waals surface area contributed by atoms with Crippen LogP contribution in [0.5, 0.6) is 0 Å². The summed E-state index contributed by atoms with van der Waals surface area (Å²) in [5.41, 5.74) is 0. The Balaban J connectivity index is 4.18. The van der Waals surface area contributed by atoms with Crippen LogP contribution in [0.2, 0.25) is 0 Å². The molecule has 2 atom stereocenters. The summed E-state index contributed by atoms with van der Waals surface area (Å²) < 4.78 is 5.72. The maximum atomic E-state index is 5.72. The van der Waals surface area contributed by atoms with Crippen LogP contribution in [-0.4, -0.2) is 25.3 Å². The lowest BCUT2D eigenvalue weighted by molar-refractivity contribution is 0.0146. The fraction of sp³-hybridized carbons (Fsp3) is 0.833. The van der Waals surface area contributed by atoms with Gasteiger partial charge in [0.05, 0.1) is 12.1 Å². The molecule has 1 N–H and O–H groups in total. The van der Waals surface area contributed by atoms with Crippen molar-refractivity contribution >= 4 is 0 Å². The molecule has 0 aromatic rings. The van der Waals surface area contributed by atoms with Gasteiger partial charge in [-0.25, -0.2) is 0 Å². The van der Waals surface area contributed by atoms with E-state index >= 15 is 0 Å². The van der Waals surface area contributed by atoms with Gasteiger partial charge in [-0.2, -0.15) is 0 Å². The van der Waals surface area contributed by atoms with Crippen LogP contribution < -0.4 is 5.32 Å². The quantitative estimate of drug-likeness (QED) is 0.607. The molecule has 0 aromatic carbocycles. The zero-order valence-corrected chi connectivity index (χ0v) is 10.0. The van der Waals surface area contributed by atoms with Crippen LogP contribution in [0.4, 0.5) is 0 Å². The molecule has 0 heterocycles. The third-order valence-corrected chi connectivity index (χ3v) is 2.25. The van der Waals surface area contributed by atoms with E-state index in [0.29, 0.717) is 5.92 Å². The highest BCUT2D eigenvalue weighted by Gasteiger charge is 2.21. The summed E-state index contributed by atoms with van der Waals surface area (Å²) in [5.74, 6) is 0.516. The Morgan fingerprint density at radius 3 is 2.36 bits per heavy atom. The fourth-order valence-electron chi connectivity index (χ4n) is 1.55. The van der Waals surface area contributed by atoms with Crippen LogP contribution in [0.1, 0.15) is 34.1 Å². The molecule has 0 aliphatic rings. The van der Waals surface area contributed by atoms with Crippen LogP contribution in [0.25, 0.3) is 0 Å². The molecule has 2 heteroatoms. The summed E-state index contributed by atoms with van der Waals surface area (Å²) in [6, 6.07) is 0.273. The molecule has 0 saturated heterocycles. The minimum Gasteiger partial charge on any atom is -0.376 e. The molecule has 0 bridgehead atoms. The maximum Gasteiger partial charge on any atom is 0.0786 e. The predicted molar refractivity (Wildman–Crippen MR) is 62.5 cm³/mol. The van der Waals surface area contributed by atoms with Gasteiger partial charge in [0.15, 0.2) is 0 Å². The van der Waals surface area contributed by atoms with Gasteiger partial charge in [0.1, 0.15) is 0 Å². The van der Waals surface area contributed by atoms with E-state index in [-0.39, 0.29) is 12.1 Å². The predicted octanol–water partition coefficient (Wildman–Crippen LogP) is 2.60. The number of hydrogen-bond donors (Lipinski definition) is 1. The molecule has 0 aromatic heterocycles. The molecular weight excluding hydrogens is 174 g/mol. The molecule has 2 unspecified atom stereocenters. The van der Waals surface area contributed by atoms with E-state index in [9.17, 15) is 0 Å². The largest absolute Gasteiger partial charge is 0.376 e. The Morgan fingerprint density at radius 1 is 1.36 bits per heavy atom. The van der Waals surface area contributed by atoms with Gasteiger partial charge >= 0.3 is 0 Å². The SMILES string of the molecule is C=CC(NCCC)C(OCC)C(C)C. The van der Waals surface area contributed by atoms with E-state index in [2.05, 4.69) is 32.7 Å². The van der Waals surface area contributed by atoms with E-state index in [1.807, 2.05) is 13.0 Å². The summed E-state index contributed by atoms with van der Waals surface area (Å²) in [7, 11) is 0. The Morgan fingerprint density at radius 2 is 2.00 bits per heavy atom. The van der Waals surface area contributed by atoms with Crippen molar-refractivity contribution < 1.29 is 4.74 Å². The molecular formula is C12H25NO. The van der Waals surface area contributed by atoms with E-state index in [1.54, 1.807) is 0 Å². The molecule has 0 amide bonds. The lowest BCUT2D eigenvalue weighted by atomic mass is 9.99. The number of rotatable bonds is 8. The van der Waals surface area contributed by atoms with Gasteiger partial charge in [-0.05, 0) is 25.8 Å². The van der Waals surface area contributed by atoms with Crippen molar-refractivity contribution in [3.63, 3.8) is 0 Å². The first-order valence-electron chi connectivity index (χ1n) is 5.64. The van der Waals surface area contributed by atoms with E-state index < -0.39 is 0 Å². The maximum absolute atomic E-state index is 5.72. The highest BCUT2D eigenvalue weighted by Crippen LogP contribution is 2.12. The lowest BCUT2D eigenvalue weighted by Gasteiger charge is -2.28. The third kappa shape index (κ3) is 4.77. The minimum atomic E-state index is 0.240.